The van der Waals surface area contributed by atoms with E-state index in [1.54, 1.807) is 0 Å². The second kappa shape index (κ2) is 5.50. The van der Waals surface area contributed by atoms with Gasteiger partial charge < -0.3 is 9.84 Å². The highest BCUT2D eigenvalue weighted by Gasteiger charge is 2.50. The number of ether oxygens (including phenoxy) is 1. The number of rotatable bonds is 7. The molecule has 0 radical (unpaired) electrons. The largest absolute Gasteiger partial charge is 0.396 e. The zero-order valence-electron chi connectivity index (χ0n) is 11.6. The van der Waals surface area contributed by atoms with E-state index in [-0.39, 0.29) is 0 Å². The first-order valence-corrected chi connectivity index (χ1v) is 7.98. The summed E-state index contributed by atoms with van der Waals surface area (Å²) in [4.78, 5) is 0. The Morgan fingerprint density at radius 2 is 1.50 bits per heavy atom. The lowest BCUT2D eigenvalue weighted by Gasteiger charge is -2.56. The van der Waals surface area contributed by atoms with Gasteiger partial charge in [0.2, 0.25) is 0 Å². The van der Waals surface area contributed by atoms with Crippen LogP contribution >= 0.6 is 0 Å². The Balaban J connectivity index is 1.42. The SMILES string of the molecule is OCCCCCOCC12CC3CC(CC(C3)C1)C2. The Labute approximate surface area is 111 Å². The van der Waals surface area contributed by atoms with Crippen molar-refractivity contribution in [1.29, 1.82) is 0 Å². The van der Waals surface area contributed by atoms with Crippen molar-refractivity contribution in [3.63, 3.8) is 0 Å². The molecule has 0 saturated heterocycles. The molecule has 4 rings (SSSR count). The number of hydrogen-bond acceptors (Lipinski definition) is 2. The van der Waals surface area contributed by atoms with Crippen molar-refractivity contribution in [2.45, 2.75) is 57.8 Å². The molecule has 4 bridgehead atoms. The molecule has 4 aliphatic carbocycles. The van der Waals surface area contributed by atoms with Crippen LogP contribution in [0.1, 0.15) is 57.8 Å². The Hall–Kier alpha value is -0.0800. The lowest BCUT2D eigenvalue weighted by molar-refractivity contribution is -0.0966. The lowest BCUT2D eigenvalue weighted by atomic mass is 9.50. The standard InChI is InChI=1S/C16H28O2/c17-4-2-1-3-5-18-12-16-9-13-6-14(10-16)8-15(7-13)11-16/h13-15,17H,1-12H2. The van der Waals surface area contributed by atoms with Crippen LogP contribution in [0, 0.1) is 23.2 Å². The predicted molar refractivity (Wildman–Crippen MR) is 72.4 cm³/mol. The monoisotopic (exact) mass is 252 g/mol. The summed E-state index contributed by atoms with van der Waals surface area (Å²) >= 11 is 0. The Bertz CT molecular complexity index is 239. The first-order valence-electron chi connectivity index (χ1n) is 7.98. The molecule has 0 heterocycles. The van der Waals surface area contributed by atoms with E-state index in [9.17, 15) is 0 Å². The van der Waals surface area contributed by atoms with Gasteiger partial charge in [-0.05, 0) is 81.0 Å². The van der Waals surface area contributed by atoms with Crippen LogP contribution in [0.2, 0.25) is 0 Å². The van der Waals surface area contributed by atoms with Crippen LogP contribution in [0.25, 0.3) is 0 Å². The summed E-state index contributed by atoms with van der Waals surface area (Å²) < 4.78 is 5.98. The Kier molecular flexibility index (Phi) is 3.95. The van der Waals surface area contributed by atoms with Gasteiger partial charge in [-0.3, -0.25) is 0 Å². The molecule has 0 spiro atoms. The summed E-state index contributed by atoms with van der Waals surface area (Å²) in [5, 5.41) is 8.74. The van der Waals surface area contributed by atoms with Crippen molar-refractivity contribution >= 4 is 0 Å². The minimum atomic E-state index is 0.328. The third-order valence-electron chi connectivity index (χ3n) is 5.52. The highest BCUT2D eigenvalue weighted by molar-refractivity contribution is 5.01. The average molecular weight is 252 g/mol. The second-order valence-corrected chi connectivity index (χ2v) is 7.25. The molecule has 0 amide bonds. The fourth-order valence-electron chi connectivity index (χ4n) is 5.25. The van der Waals surface area contributed by atoms with Crippen LogP contribution < -0.4 is 0 Å². The maximum absolute atomic E-state index is 8.74. The molecule has 104 valence electrons. The third kappa shape index (κ3) is 2.75. The fourth-order valence-corrected chi connectivity index (χ4v) is 5.25. The molecule has 0 aromatic rings. The van der Waals surface area contributed by atoms with E-state index in [1.165, 1.54) is 38.5 Å². The summed E-state index contributed by atoms with van der Waals surface area (Å²) in [5.41, 5.74) is 0.575. The highest BCUT2D eigenvalue weighted by Crippen LogP contribution is 2.59. The van der Waals surface area contributed by atoms with Crippen LogP contribution in [0.4, 0.5) is 0 Å². The molecule has 1 N–H and O–H groups in total. The van der Waals surface area contributed by atoms with Crippen molar-refractivity contribution in [3.8, 4) is 0 Å². The van der Waals surface area contributed by atoms with E-state index in [0.717, 1.165) is 50.2 Å². The van der Waals surface area contributed by atoms with E-state index >= 15 is 0 Å². The summed E-state index contributed by atoms with van der Waals surface area (Å²) in [5.74, 6) is 3.11. The minimum Gasteiger partial charge on any atom is -0.396 e. The van der Waals surface area contributed by atoms with Gasteiger partial charge >= 0.3 is 0 Å². The van der Waals surface area contributed by atoms with Gasteiger partial charge in [0.15, 0.2) is 0 Å². The van der Waals surface area contributed by atoms with E-state index in [0.29, 0.717) is 12.0 Å². The first kappa shape index (κ1) is 12.9. The third-order valence-corrected chi connectivity index (χ3v) is 5.52. The van der Waals surface area contributed by atoms with Gasteiger partial charge in [0.1, 0.15) is 0 Å². The molecule has 2 heteroatoms. The predicted octanol–water partition coefficient (Wildman–Crippen LogP) is 3.38. The minimum absolute atomic E-state index is 0.328. The van der Waals surface area contributed by atoms with Gasteiger partial charge in [-0.1, -0.05) is 0 Å². The van der Waals surface area contributed by atoms with Crippen molar-refractivity contribution < 1.29 is 9.84 Å². The Morgan fingerprint density at radius 1 is 0.889 bits per heavy atom. The van der Waals surface area contributed by atoms with E-state index in [2.05, 4.69) is 0 Å². The van der Waals surface area contributed by atoms with Gasteiger partial charge in [-0.25, -0.2) is 0 Å². The second-order valence-electron chi connectivity index (χ2n) is 7.25. The van der Waals surface area contributed by atoms with Gasteiger partial charge in [0.05, 0.1) is 6.61 Å². The van der Waals surface area contributed by atoms with E-state index in [4.69, 9.17) is 9.84 Å². The lowest BCUT2D eigenvalue weighted by Crippen LogP contribution is -2.48. The maximum atomic E-state index is 8.74. The first-order chi connectivity index (χ1) is 8.80. The highest BCUT2D eigenvalue weighted by atomic mass is 16.5. The quantitative estimate of drug-likeness (QED) is 0.704. The molecule has 18 heavy (non-hydrogen) atoms. The molecule has 2 nitrogen and oxygen atoms in total. The summed E-state index contributed by atoms with van der Waals surface area (Å²) in [6.07, 6.45) is 12.1. The molecule has 0 unspecified atom stereocenters. The van der Waals surface area contributed by atoms with Gasteiger partial charge in [0, 0.05) is 13.2 Å². The molecule has 0 aromatic carbocycles. The van der Waals surface area contributed by atoms with Crippen LogP contribution in [0.15, 0.2) is 0 Å². The van der Waals surface area contributed by atoms with Crippen LogP contribution in [0.5, 0.6) is 0 Å². The normalized spacial score (nSPS) is 41.5. The molecule has 0 atom stereocenters. The summed E-state index contributed by atoms with van der Waals surface area (Å²) in [6, 6.07) is 0. The van der Waals surface area contributed by atoms with Crippen LogP contribution in [-0.4, -0.2) is 24.9 Å². The van der Waals surface area contributed by atoms with Crippen molar-refractivity contribution in [2.75, 3.05) is 19.8 Å². The molecule has 0 aromatic heterocycles. The Morgan fingerprint density at radius 3 is 2.06 bits per heavy atom. The molecule has 4 aliphatic rings. The zero-order chi connectivity index (χ0) is 12.4. The van der Waals surface area contributed by atoms with E-state index < -0.39 is 0 Å². The van der Waals surface area contributed by atoms with Crippen LogP contribution in [0.3, 0.4) is 0 Å². The van der Waals surface area contributed by atoms with Crippen molar-refractivity contribution in [3.05, 3.63) is 0 Å². The fraction of sp³-hybridized carbons (Fsp3) is 1.00. The molecule has 4 fully saturated rings. The van der Waals surface area contributed by atoms with Gasteiger partial charge in [0.25, 0.3) is 0 Å². The number of unbranched alkanes of at least 4 members (excludes halogenated alkanes) is 2. The molecular formula is C16H28O2. The van der Waals surface area contributed by atoms with Gasteiger partial charge in [-0.15, -0.1) is 0 Å². The van der Waals surface area contributed by atoms with E-state index in [1.807, 2.05) is 0 Å². The van der Waals surface area contributed by atoms with Crippen molar-refractivity contribution in [1.82, 2.24) is 0 Å². The average Bonchev–Trinajstić information content (AvgIpc) is 2.32. The summed E-state index contributed by atoms with van der Waals surface area (Å²) in [7, 11) is 0. The van der Waals surface area contributed by atoms with Gasteiger partial charge in [-0.2, -0.15) is 0 Å². The van der Waals surface area contributed by atoms with Crippen LogP contribution in [-0.2, 0) is 4.74 Å². The molecule has 0 aliphatic heterocycles. The molecule has 4 saturated carbocycles. The maximum Gasteiger partial charge on any atom is 0.0522 e. The van der Waals surface area contributed by atoms with Crippen molar-refractivity contribution in [2.24, 2.45) is 23.2 Å². The molecular weight excluding hydrogens is 224 g/mol. The number of aliphatic hydroxyl groups excluding tert-OH is 1. The summed E-state index contributed by atoms with van der Waals surface area (Å²) in [6.45, 7) is 2.26. The number of hydrogen-bond donors (Lipinski definition) is 1. The zero-order valence-corrected chi connectivity index (χ0v) is 11.6. The topological polar surface area (TPSA) is 29.5 Å². The number of aliphatic hydroxyl groups is 1. The smallest absolute Gasteiger partial charge is 0.0522 e.